The third kappa shape index (κ3) is 4.97. The molecular weight excluding hydrogens is 374 g/mol. The zero-order chi connectivity index (χ0) is 20.1. The van der Waals surface area contributed by atoms with Gasteiger partial charge in [-0.1, -0.05) is 0 Å². The normalized spacial score (nSPS) is 16.7. The average Bonchev–Trinajstić information content (AvgIpc) is 2.66. The molecule has 1 atom stereocenters. The number of likely N-dealkylation sites (tertiary alicyclic amines) is 1. The minimum atomic E-state index is -0.943. The van der Waals surface area contributed by atoms with Crippen LogP contribution in [0.1, 0.15) is 23.2 Å². The quantitative estimate of drug-likeness (QED) is 0.442. The molecule has 9 nitrogen and oxygen atoms in total. The van der Waals surface area contributed by atoms with Gasteiger partial charge in [-0.25, -0.2) is 0 Å². The Hall–Kier alpha value is -2.62. The Morgan fingerprint density at radius 3 is 2.70 bits per heavy atom. The molecule has 10 heteroatoms. The number of carbonyl (C=O) groups is 3. The minimum absolute atomic E-state index is 0.0794. The molecule has 0 bridgehead atoms. The monoisotopic (exact) mass is 395 g/mol. The summed E-state index contributed by atoms with van der Waals surface area (Å²) < 4.78 is 0. The Kier molecular flexibility index (Phi) is 6.78. The summed E-state index contributed by atoms with van der Waals surface area (Å²) >= 11 is 1.35. The summed E-state index contributed by atoms with van der Waals surface area (Å²) in [6, 6.07) is 4.27. The molecule has 1 heterocycles. The van der Waals surface area contributed by atoms with E-state index in [4.69, 9.17) is 5.11 Å². The van der Waals surface area contributed by atoms with Crippen LogP contribution < -0.4 is 0 Å². The average molecular weight is 395 g/mol. The molecule has 0 radical (unpaired) electrons. The van der Waals surface area contributed by atoms with Gasteiger partial charge in [0.15, 0.2) is 0 Å². The van der Waals surface area contributed by atoms with Gasteiger partial charge in [-0.3, -0.25) is 24.5 Å². The molecule has 1 N–H and O–H groups in total. The summed E-state index contributed by atoms with van der Waals surface area (Å²) in [5.41, 5.74) is -0.398. The Morgan fingerprint density at radius 2 is 2.11 bits per heavy atom. The van der Waals surface area contributed by atoms with Crippen LogP contribution in [0.5, 0.6) is 0 Å². The first kappa shape index (κ1) is 20.7. The van der Waals surface area contributed by atoms with E-state index in [1.165, 1.54) is 35.8 Å². The third-order valence-corrected chi connectivity index (χ3v) is 5.20. The maximum absolute atomic E-state index is 12.7. The zero-order valence-corrected chi connectivity index (χ0v) is 15.9. The number of aliphatic carboxylic acids is 1. The maximum Gasteiger partial charge on any atom is 0.308 e. The molecule has 1 saturated heterocycles. The molecule has 2 amide bonds. The summed E-state index contributed by atoms with van der Waals surface area (Å²) in [5, 5.41) is 20.3. The molecule has 1 aromatic carbocycles. The number of likely N-dealkylation sites (N-methyl/N-ethyl adjacent to an activating group) is 1. The number of carboxylic acids is 1. The number of carboxylic acid groups (broad SMARTS) is 1. The van der Waals surface area contributed by atoms with Crippen molar-refractivity contribution >= 4 is 35.2 Å². The van der Waals surface area contributed by atoms with Crippen molar-refractivity contribution < 1.29 is 24.4 Å². The van der Waals surface area contributed by atoms with Crippen molar-refractivity contribution in [3.05, 3.63) is 33.9 Å². The van der Waals surface area contributed by atoms with Crippen LogP contribution in [-0.4, -0.2) is 70.6 Å². The van der Waals surface area contributed by atoms with Crippen molar-refractivity contribution in [2.24, 2.45) is 5.92 Å². The van der Waals surface area contributed by atoms with Crippen molar-refractivity contribution in [1.82, 2.24) is 9.80 Å². The number of amides is 2. The molecule has 0 aliphatic carbocycles. The standard InChI is InChI=1S/C17H21N3O6S/c1-18(10-15(21)19-7-3-4-11(9-19)17(23)24)16(22)13-8-12(27-2)5-6-14(13)20(25)26/h5-6,8,11H,3-4,7,9-10H2,1-2H3,(H,23,24). The number of nitrogens with zero attached hydrogens (tertiary/aromatic N) is 3. The van der Waals surface area contributed by atoms with Crippen LogP contribution in [0.25, 0.3) is 0 Å². The van der Waals surface area contributed by atoms with Gasteiger partial charge in [0, 0.05) is 31.1 Å². The first-order chi connectivity index (χ1) is 12.7. The number of hydrogen-bond donors (Lipinski definition) is 1. The number of benzene rings is 1. The minimum Gasteiger partial charge on any atom is -0.481 e. The summed E-state index contributed by atoms with van der Waals surface area (Å²) in [6.45, 7) is 0.275. The molecule has 1 aliphatic rings. The molecule has 0 saturated carbocycles. The van der Waals surface area contributed by atoms with Crippen LogP contribution in [0.15, 0.2) is 23.1 Å². The SMILES string of the molecule is CSc1ccc([N+](=O)[O-])c(C(=O)N(C)CC(=O)N2CCCC(C(=O)O)C2)c1. The van der Waals surface area contributed by atoms with Crippen molar-refractivity contribution in [2.75, 3.05) is 32.9 Å². The number of hydrogen-bond acceptors (Lipinski definition) is 6. The van der Waals surface area contributed by atoms with E-state index in [1.54, 1.807) is 12.3 Å². The highest BCUT2D eigenvalue weighted by atomic mass is 32.2. The highest BCUT2D eigenvalue weighted by molar-refractivity contribution is 7.98. The fourth-order valence-electron chi connectivity index (χ4n) is 2.96. The van der Waals surface area contributed by atoms with Gasteiger partial charge in [0.05, 0.1) is 17.4 Å². The number of thioether (sulfide) groups is 1. The van der Waals surface area contributed by atoms with E-state index in [0.717, 1.165) is 4.90 Å². The topological polar surface area (TPSA) is 121 Å². The van der Waals surface area contributed by atoms with Crippen molar-refractivity contribution in [1.29, 1.82) is 0 Å². The molecule has 1 aliphatic heterocycles. The lowest BCUT2D eigenvalue weighted by molar-refractivity contribution is -0.385. The van der Waals surface area contributed by atoms with Gasteiger partial charge in [-0.2, -0.15) is 0 Å². The number of piperidine rings is 1. The number of rotatable bonds is 6. The number of nitro benzene ring substituents is 1. The number of nitro groups is 1. The van der Waals surface area contributed by atoms with E-state index in [9.17, 15) is 24.5 Å². The zero-order valence-electron chi connectivity index (χ0n) is 15.1. The second-order valence-corrected chi connectivity index (χ2v) is 7.20. The molecule has 1 fully saturated rings. The van der Waals surface area contributed by atoms with E-state index in [2.05, 4.69) is 0 Å². The Bertz CT molecular complexity index is 769. The van der Waals surface area contributed by atoms with E-state index < -0.39 is 22.7 Å². The summed E-state index contributed by atoms with van der Waals surface area (Å²) in [4.78, 5) is 50.1. The number of carbonyl (C=O) groups excluding carboxylic acids is 2. The van der Waals surface area contributed by atoms with E-state index in [1.807, 2.05) is 0 Å². The highest BCUT2D eigenvalue weighted by Gasteiger charge is 2.30. The molecular formula is C17H21N3O6S. The van der Waals surface area contributed by atoms with Gasteiger partial charge in [-0.15, -0.1) is 11.8 Å². The largest absolute Gasteiger partial charge is 0.481 e. The Balaban J connectivity index is 2.12. The second kappa shape index (κ2) is 8.85. The maximum atomic E-state index is 12.7. The lowest BCUT2D eigenvalue weighted by Gasteiger charge is -2.32. The third-order valence-electron chi connectivity index (χ3n) is 4.47. The van der Waals surface area contributed by atoms with Crippen LogP contribution in [0.2, 0.25) is 0 Å². The van der Waals surface area contributed by atoms with Gasteiger partial charge in [0.1, 0.15) is 5.56 Å². The van der Waals surface area contributed by atoms with Crippen LogP contribution in [-0.2, 0) is 9.59 Å². The summed E-state index contributed by atoms with van der Waals surface area (Å²) in [6.07, 6.45) is 2.89. The molecule has 2 rings (SSSR count). The second-order valence-electron chi connectivity index (χ2n) is 6.32. The molecule has 0 spiro atoms. The van der Waals surface area contributed by atoms with Crippen molar-refractivity contribution in [3.63, 3.8) is 0 Å². The Labute approximate surface area is 160 Å². The molecule has 146 valence electrons. The lowest BCUT2D eigenvalue weighted by atomic mass is 9.98. The van der Waals surface area contributed by atoms with E-state index >= 15 is 0 Å². The fraction of sp³-hybridized carbons (Fsp3) is 0.471. The van der Waals surface area contributed by atoms with Crippen LogP contribution in [0, 0.1) is 16.0 Å². The van der Waals surface area contributed by atoms with Gasteiger partial charge >= 0.3 is 5.97 Å². The molecule has 1 aromatic rings. The van der Waals surface area contributed by atoms with Crippen LogP contribution in [0.4, 0.5) is 5.69 Å². The predicted octanol–water partition coefficient (Wildman–Crippen LogP) is 1.71. The van der Waals surface area contributed by atoms with Gasteiger partial charge < -0.3 is 14.9 Å². The smallest absolute Gasteiger partial charge is 0.308 e. The fourth-order valence-corrected chi connectivity index (χ4v) is 3.40. The van der Waals surface area contributed by atoms with Crippen LogP contribution >= 0.6 is 11.8 Å². The molecule has 27 heavy (non-hydrogen) atoms. The highest BCUT2D eigenvalue weighted by Crippen LogP contribution is 2.26. The van der Waals surface area contributed by atoms with E-state index in [0.29, 0.717) is 24.3 Å². The van der Waals surface area contributed by atoms with Gasteiger partial charge in [0.2, 0.25) is 5.91 Å². The lowest BCUT2D eigenvalue weighted by Crippen LogP contribution is -2.47. The summed E-state index contributed by atoms with van der Waals surface area (Å²) in [7, 11) is 1.40. The van der Waals surface area contributed by atoms with Crippen LogP contribution in [0.3, 0.4) is 0 Å². The first-order valence-electron chi connectivity index (χ1n) is 8.33. The molecule has 1 unspecified atom stereocenters. The summed E-state index contributed by atoms with van der Waals surface area (Å²) in [5.74, 6) is -2.55. The van der Waals surface area contributed by atoms with Crippen molar-refractivity contribution in [3.8, 4) is 0 Å². The molecule has 0 aromatic heterocycles. The van der Waals surface area contributed by atoms with Crippen molar-refractivity contribution in [2.45, 2.75) is 17.7 Å². The first-order valence-corrected chi connectivity index (χ1v) is 9.55. The van der Waals surface area contributed by atoms with Gasteiger partial charge in [-0.05, 0) is 31.2 Å². The van der Waals surface area contributed by atoms with Gasteiger partial charge in [0.25, 0.3) is 11.6 Å². The Morgan fingerprint density at radius 1 is 1.41 bits per heavy atom. The predicted molar refractivity (Wildman–Crippen MR) is 98.8 cm³/mol. The van der Waals surface area contributed by atoms with E-state index in [-0.39, 0.29) is 30.2 Å².